The van der Waals surface area contributed by atoms with Gasteiger partial charge in [0.05, 0.1) is 0 Å². The van der Waals surface area contributed by atoms with Crippen molar-refractivity contribution in [1.29, 1.82) is 0 Å². The number of hydrogen-bond acceptors (Lipinski definition) is 5. The molecule has 11 heteroatoms. The molecule has 0 bridgehead atoms. The van der Waals surface area contributed by atoms with E-state index in [2.05, 4.69) is 13.8 Å². The van der Waals surface area contributed by atoms with Gasteiger partial charge in [-0.05, 0) is 13.0 Å². The molecule has 0 spiro atoms. The first kappa shape index (κ1) is 16.5. The van der Waals surface area contributed by atoms with Crippen LogP contribution in [0.3, 0.4) is 0 Å². The quantitative estimate of drug-likeness (QED) is 0.512. The Morgan fingerprint density at radius 1 is 1.43 bits per heavy atom. The molecule has 0 saturated heterocycles. The van der Waals surface area contributed by atoms with Gasteiger partial charge in [0.25, 0.3) is 0 Å². The van der Waals surface area contributed by atoms with Crippen molar-refractivity contribution in [2.24, 2.45) is 0 Å². The van der Waals surface area contributed by atoms with E-state index in [4.69, 9.17) is 0 Å². The molecule has 0 aromatic carbocycles. The molecule has 0 amide bonds. The summed E-state index contributed by atoms with van der Waals surface area (Å²) >= 11 is 0. The Hall–Kier alpha value is 0.0223. The maximum Gasteiger partial charge on any atom is 1.00 e. The van der Waals surface area contributed by atoms with Gasteiger partial charge in [0.15, 0.2) is 0 Å². The summed E-state index contributed by atoms with van der Waals surface area (Å²) in [5.74, 6) is 0. The van der Waals surface area contributed by atoms with E-state index < -0.39 is 22.6 Å². The van der Waals surface area contributed by atoms with E-state index in [1.165, 1.54) is 0 Å². The maximum atomic E-state index is 12.3. The molecule has 0 saturated carbocycles. The second kappa shape index (κ2) is 7.33. The Kier molecular flexibility index (Phi) is 8.62. The molecule has 0 aliphatic rings. The third kappa shape index (κ3) is 5.04. The van der Waals surface area contributed by atoms with E-state index in [0.717, 1.165) is 6.92 Å². The normalized spacial score (nSPS) is 12.1. The van der Waals surface area contributed by atoms with Crippen molar-refractivity contribution < 1.29 is 56.0 Å². The van der Waals surface area contributed by atoms with E-state index in [9.17, 15) is 21.9 Å². The minimum absolute atomic E-state index is 0. The summed E-state index contributed by atoms with van der Waals surface area (Å²) in [6, 6.07) is 0. The van der Waals surface area contributed by atoms with E-state index in [0.29, 0.717) is 6.08 Å². The van der Waals surface area contributed by atoms with Crippen molar-refractivity contribution >= 4 is 17.4 Å². The summed E-state index contributed by atoms with van der Waals surface area (Å²) in [6.45, 7) is 1.04. The predicted octanol–water partition coefficient (Wildman–Crippen LogP) is -1.93. The predicted molar refractivity (Wildman–Crippen MR) is 36.1 cm³/mol. The molecule has 0 unspecified atom stereocenters. The van der Waals surface area contributed by atoms with E-state index >= 15 is 0 Å². The summed E-state index contributed by atoms with van der Waals surface area (Å²) < 4.78 is 59.1. The van der Waals surface area contributed by atoms with Crippen molar-refractivity contribution in [3.05, 3.63) is 11.2 Å². The summed E-state index contributed by atoms with van der Waals surface area (Å²) in [7, 11) is -7.64. The Morgan fingerprint density at radius 2 is 1.86 bits per heavy atom. The summed E-state index contributed by atoms with van der Waals surface area (Å²) in [4.78, 5) is 5.07. The first-order chi connectivity index (χ1) is 5.97. The summed E-state index contributed by atoms with van der Waals surface area (Å²) in [6.07, 6.45) is 0.517. The van der Waals surface area contributed by atoms with E-state index in [1.807, 2.05) is 0 Å². The van der Waals surface area contributed by atoms with Gasteiger partial charge in [-0.15, -0.1) is 0 Å². The Bertz CT molecular complexity index is 283. The minimum Gasteiger partial charge on any atom is -1.00 e. The maximum absolute atomic E-state index is 12.3. The molecule has 0 N–H and O–H groups in total. The first-order valence-corrected chi connectivity index (χ1v) is 4.18. The van der Waals surface area contributed by atoms with Crippen LogP contribution in [0.2, 0.25) is 0 Å². The molecule has 78 valence electrons. The van der Waals surface area contributed by atoms with Gasteiger partial charge in [-0.1, -0.05) is 9.05 Å². The molecule has 0 rings (SSSR count). The third-order valence-corrected chi connectivity index (χ3v) is 1.94. The Balaban J connectivity index is -0.000000720. The van der Waals surface area contributed by atoms with Gasteiger partial charge < -0.3 is 1.43 Å². The van der Waals surface area contributed by atoms with Crippen LogP contribution in [-0.4, -0.2) is 15.7 Å². The molecule has 0 heterocycles. The van der Waals surface area contributed by atoms with Crippen LogP contribution in [0.5, 0.6) is 0 Å². The topological polar surface area (TPSA) is 61.8 Å². The van der Waals surface area contributed by atoms with Gasteiger partial charge in [0, 0.05) is 0 Å². The van der Waals surface area contributed by atoms with E-state index in [1.54, 1.807) is 0 Å². The van der Waals surface area contributed by atoms with Crippen LogP contribution >= 0.6 is 0 Å². The second-order valence-electron chi connectivity index (χ2n) is 1.61. The molecule has 0 atom stereocenters. The van der Waals surface area contributed by atoms with Crippen molar-refractivity contribution in [2.75, 3.05) is 0 Å². The van der Waals surface area contributed by atoms with Crippen LogP contribution in [0.25, 0.3) is 0 Å². The van der Waals surface area contributed by atoms with Crippen LogP contribution < -0.4 is 18.9 Å². The third-order valence-electron chi connectivity index (χ3n) is 0.817. The molecule has 14 heavy (non-hydrogen) atoms. The van der Waals surface area contributed by atoms with Gasteiger partial charge in [0.1, 0.15) is 0 Å². The van der Waals surface area contributed by atoms with Crippen LogP contribution in [0.4, 0.5) is 13.4 Å². The fraction of sp³-hybridized carbons (Fsp3) is 0.333. The SMILES string of the molecule is CC=C(F)S(=O)(=O)OB(OF)OF.[H-].[Li+]. The molecule has 0 aromatic heterocycles. The van der Waals surface area contributed by atoms with Crippen LogP contribution in [0, 0.1) is 0 Å². The largest absolute Gasteiger partial charge is 1.00 e. The average molecular weight is 228 g/mol. The number of halogens is 3. The van der Waals surface area contributed by atoms with E-state index in [-0.39, 0.29) is 20.3 Å². The molecule has 5 nitrogen and oxygen atoms in total. The van der Waals surface area contributed by atoms with Gasteiger partial charge in [0.2, 0.25) is 5.16 Å². The second-order valence-corrected chi connectivity index (χ2v) is 3.10. The molecule has 0 fully saturated rings. The van der Waals surface area contributed by atoms with Crippen molar-refractivity contribution in [3.8, 4) is 0 Å². The molecule has 0 radical (unpaired) electrons. The van der Waals surface area contributed by atoms with Gasteiger partial charge >= 0.3 is 36.3 Å². The smallest absolute Gasteiger partial charge is 1.00 e. The minimum atomic E-state index is -4.87. The van der Waals surface area contributed by atoms with Gasteiger partial charge in [-0.2, -0.15) is 22.5 Å². The zero-order valence-electron chi connectivity index (χ0n) is 8.24. The molecule has 0 aromatic rings. The zero-order chi connectivity index (χ0) is 10.5. The number of allylic oxidation sites excluding steroid dienone is 1. The Labute approximate surface area is 92.0 Å². The zero-order valence-corrected chi connectivity index (χ0v) is 8.05. The standard InChI is InChI=1S/C3H4BF3O5S.Li.H/c1-2-3(5)13(8,9)12-4(10-6)11-7;;/h2H,1H3;;/q;+1;-1. The van der Waals surface area contributed by atoms with Gasteiger partial charge in [-0.25, -0.2) is 0 Å². The number of hydrogen-bond donors (Lipinski definition) is 0. The molecular formula is C3H5BF3LiO5S. The monoisotopic (exact) mass is 228 g/mol. The van der Waals surface area contributed by atoms with Crippen LogP contribution in [0.1, 0.15) is 8.35 Å². The summed E-state index contributed by atoms with van der Waals surface area (Å²) in [5, 5.41) is -1.72. The first-order valence-electron chi connectivity index (χ1n) is 2.77. The van der Waals surface area contributed by atoms with Crippen molar-refractivity contribution in [1.82, 2.24) is 0 Å². The fourth-order valence-corrected chi connectivity index (χ4v) is 0.984. The van der Waals surface area contributed by atoms with Gasteiger partial charge in [-0.3, -0.25) is 4.10 Å². The Morgan fingerprint density at radius 3 is 2.14 bits per heavy atom. The van der Waals surface area contributed by atoms with Crippen LogP contribution in [-0.2, 0) is 23.9 Å². The number of rotatable bonds is 5. The molecule has 0 aliphatic carbocycles. The summed E-state index contributed by atoms with van der Waals surface area (Å²) in [5.41, 5.74) is 0. The average Bonchev–Trinajstić information content (AvgIpc) is 2.12. The van der Waals surface area contributed by atoms with Crippen molar-refractivity contribution in [2.45, 2.75) is 6.92 Å². The van der Waals surface area contributed by atoms with Crippen LogP contribution in [0.15, 0.2) is 11.2 Å². The molecule has 0 aliphatic heterocycles. The van der Waals surface area contributed by atoms with Crippen molar-refractivity contribution in [3.63, 3.8) is 0 Å². The molecular weight excluding hydrogens is 223 g/mol. The fourth-order valence-electron chi connectivity index (χ4n) is 0.337.